The van der Waals surface area contributed by atoms with Crippen LogP contribution in [0.4, 0.5) is 31.1 Å². The van der Waals surface area contributed by atoms with Crippen LogP contribution in [0.2, 0.25) is 0 Å². The summed E-state index contributed by atoms with van der Waals surface area (Å²) in [5.41, 5.74) is -3.24. The lowest BCUT2D eigenvalue weighted by Crippen LogP contribution is -2.53. The van der Waals surface area contributed by atoms with Crippen LogP contribution in [0.1, 0.15) is 23.6 Å². The number of carbonyl (C=O) groups excluding carboxylic acids is 1. The van der Waals surface area contributed by atoms with Gasteiger partial charge in [-0.05, 0) is 28.7 Å². The van der Waals surface area contributed by atoms with Gasteiger partial charge in [0.1, 0.15) is 0 Å². The average molecular weight is 504 g/mol. The summed E-state index contributed by atoms with van der Waals surface area (Å²) < 4.78 is 83.6. The molecule has 1 N–H and O–H groups in total. The van der Waals surface area contributed by atoms with Crippen molar-refractivity contribution in [3.05, 3.63) is 59.2 Å². The molecule has 0 bridgehead atoms. The number of rotatable bonds is 5. The molecule has 0 atom stereocenters. The van der Waals surface area contributed by atoms with E-state index in [2.05, 4.69) is 4.90 Å². The molecule has 1 aliphatic heterocycles. The Kier molecular flexibility index (Phi) is 7.71. The van der Waals surface area contributed by atoms with Crippen molar-refractivity contribution in [3.63, 3.8) is 0 Å². The number of alkyl halides is 6. The number of aryl methyl sites for hydroxylation is 1. The topological polar surface area (TPSA) is 53.0 Å². The molecule has 0 unspecified atom stereocenters. The van der Waals surface area contributed by atoms with Crippen molar-refractivity contribution in [2.75, 3.05) is 33.3 Å². The summed E-state index contributed by atoms with van der Waals surface area (Å²) in [4.78, 5) is 15.4. The monoisotopic (exact) mass is 504 g/mol. The van der Waals surface area contributed by atoms with E-state index < -0.39 is 23.5 Å². The van der Waals surface area contributed by atoms with Gasteiger partial charge in [-0.25, -0.2) is 4.79 Å². The van der Waals surface area contributed by atoms with Crippen LogP contribution in [0.5, 0.6) is 0 Å². The molecule has 0 saturated carbocycles. The van der Waals surface area contributed by atoms with Crippen LogP contribution >= 0.6 is 0 Å². The highest BCUT2D eigenvalue weighted by Gasteiger charge is 2.71. The molecule has 5 nitrogen and oxygen atoms in total. The molecule has 2 aromatic carbocycles. The van der Waals surface area contributed by atoms with Crippen LogP contribution in [0.25, 0.3) is 11.1 Å². The van der Waals surface area contributed by atoms with Gasteiger partial charge < -0.3 is 14.7 Å². The fraction of sp³-hybridized carbons (Fsp3) is 0.458. The van der Waals surface area contributed by atoms with Crippen molar-refractivity contribution >= 4 is 6.09 Å². The number of halogens is 6. The zero-order chi connectivity index (χ0) is 26.0. The maximum Gasteiger partial charge on any atom is 0.430 e. The maximum atomic E-state index is 13.1. The smallest absolute Gasteiger partial charge is 0.430 e. The number of amides is 1. The number of aliphatic hydroxyl groups is 1. The van der Waals surface area contributed by atoms with E-state index in [4.69, 9.17) is 4.74 Å². The van der Waals surface area contributed by atoms with Gasteiger partial charge in [0.05, 0.1) is 7.11 Å². The van der Waals surface area contributed by atoms with Gasteiger partial charge in [-0.1, -0.05) is 49.4 Å². The van der Waals surface area contributed by atoms with E-state index in [1.165, 1.54) is 7.11 Å². The standard InChI is InChI=1S/C24H26F6N2O3/c1-3-17-14-16(15-31-10-12-32(13-11-31)21(33)35-2)4-9-20(17)18-5-7-19(8-6-18)22(34,23(25,26)27)24(28,29)30/h4-9,14,34H,3,10-13,15H2,1-2H3. The lowest BCUT2D eigenvalue weighted by atomic mass is 9.89. The third-order valence-corrected chi connectivity index (χ3v) is 6.20. The number of ether oxygens (including phenoxy) is 1. The van der Waals surface area contributed by atoms with Crippen molar-refractivity contribution < 1.29 is 41.0 Å². The molecule has 0 aliphatic carbocycles. The predicted octanol–water partition coefficient (Wildman–Crippen LogP) is 5.11. The van der Waals surface area contributed by atoms with Gasteiger partial charge in [0.2, 0.25) is 0 Å². The quantitative estimate of drug-likeness (QED) is 0.575. The van der Waals surface area contributed by atoms with Crippen molar-refractivity contribution in [1.82, 2.24) is 9.80 Å². The predicted molar refractivity (Wildman–Crippen MR) is 117 cm³/mol. The molecule has 192 valence electrons. The van der Waals surface area contributed by atoms with Crippen molar-refractivity contribution in [3.8, 4) is 11.1 Å². The minimum absolute atomic E-state index is 0.364. The lowest BCUT2D eigenvalue weighted by molar-refractivity contribution is -0.376. The molecule has 1 amide bonds. The number of benzene rings is 2. The van der Waals surface area contributed by atoms with Gasteiger partial charge in [-0.15, -0.1) is 0 Å². The molecule has 35 heavy (non-hydrogen) atoms. The first-order chi connectivity index (χ1) is 16.3. The Hall–Kier alpha value is -2.79. The zero-order valence-electron chi connectivity index (χ0n) is 19.2. The largest absolute Gasteiger partial charge is 0.453 e. The third-order valence-electron chi connectivity index (χ3n) is 6.20. The Bertz CT molecular complexity index is 1020. The Morgan fingerprint density at radius 2 is 1.51 bits per heavy atom. The zero-order valence-corrected chi connectivity index (χ0v) is 19.2. The Balaban J connectivity index is 1.79. The first-order valence-corrected chi connectivity index (χ1v) is 11.0. The molecule has 0 spiro atoms. The summed E-state index contributed by atoms with van der Waals surface area (Å²) in [6.45, 7) is 4.95. The second kappa shape index (κ2) is 10.1. The summed E-state index contributed by atoms with van der Waals surface area (Å²) in [5.74, 6) is 0. The first-order valence-electron chi connectivity index (χ1n) is 11.0. The van der Waals surface area contributed by atoms with Crippen molar-refractivity contribution in [2.24, 2.45) is 0 Å². The third kappa shape index (κ3) is 5.40. The number of carbonyl (C=O) groups is 1. The number of methoxy groups -OCH3 is 1. The molecule has 1 saturated heterocycles. The molecule has 1 fully saturated rings. The fourth-order valence-electron chi connectivity index (χ4n) is 4.17. The van der Waals surface area contributed by atoms with Crippen LogP contribution in [0.15, 0.2) is 42.5 Å². The maximum absolute atomic E-state index is 13.1. The van der Waals surface area contributed by atoms with Gasteiger partial charge in [0, 0.05) is 38.3 Å². The van der Waals surface area contributed by atoms with E-state index in [1.54, 1.807) is 11.0 Å². The summed E-state index contributed by atoms with van der Waals surface area (Å²) in [7, 11) is 1.34. The highest BCUT2D eigenvalue weighted by Crippen LogP contribution is 2.50. The van der Waals surface area contributed by atoms with E-state index in [-0.39, 0.29) is 6.09 Å². The van der Waals surface area contributed by atoms with E-state index >= 15 is 0 Å². The van der Waals surface area contributed by atoms with Crippen LogP contribution in [-0.4, -0.2) is 66.6 Å². The minimum Gasteiger partial charge on any atom is -0.453 e. The number of hydrogen-bond acceptors (Lipinski definition) is 4. The van der Waals surface area contributed by atoms with Gasteiger partial charge in [-0.3, -0.25) is 4.90 Å². The Morgan fingerprint density at radius 1 is 0.943 bits per heavy atom. The highest BCUT2D eigenvalue weighted by atomic mass is 19.4. The van der Waals surface area contributed by atoms with Gasteiger partial charge in [0.15, 0.2) is 0 Å². The van der Waals surface area contributed by atoms with Crippen LogP contribution < -0.4 is 0 Å². The van der Waals surface area contributed by atoms with E-state index in [0.29, 0.717) is 62.4 Å². The van der Waals surface area contributed by atoms with Crippen LogP contribution in [0, 0.1) is 0 Å². The second-order valence-electron chi connectivity index (χ2n) is 8.36. The minimum atomic E-state index is -5.93. The molecule has 0 radical (unpaired) electrons. The van der Waals surface area contributed by atoms with E-state index in [1.807, 2.05) is 19.1 Å². The Labute approximate surface area is 198 Å². The number of nitrogens with zero attached hydrogens (tertiary/aromatic N) is 2. The fourth-order valence-corrected chi connectivity index (χ4v) is 4.17. The molecule has 0 aromatic heterocycles. The highest BCUT2D eigenvalue weighted by molar-refractivity contribution is 5.68. The van der Waals surface area contributed by atoms with Gasteiger partial charge in [0.25, 0.3) is 5.60 Å². The number of hydrogen-bond donors (Lipinski definition) is 1. The summed E-state index contributed by atoms with van der Waals surface area (Å²) in [6, 6.07) is 9.22. The normalized spacial score (nSPS) is 15.9. The summed E-state index contributed by atoms with van der Waals surface area (Å²) >= 11 is 0. The Morgan fingerprint density at radius 3 is 2.00 bits per heavy atom. The molecule has 1 heterocycles. The lowest BCUT2D eigenvalue weighted by Gasteiger charge is -2.34. The molecule has 11 heteroatoms. The first kappa shape index (κ1) is 26.8. The molecule has 2 aromatic rings. The summed E-state index contributed by atoms with van der Waals surface area (Å²) in [6.07, 6.45) is -11.6. The van der Waals surface area contributed by atoms with Gasteiger partial charge in [-0.2, -0.15) is 26.3 Å². The van der Waals surface area contributed by atoms with Crippen LogP contribution in [0.3, 0.4) is 0 Å². The molecule has 3 rings (SSSR count). The molecular formula is C24H26F6N2O3. The summed E-state index contributed by atoms with van der Waals surface area (Å²) in [5, 5.41) is 9.59. The number of piperazine rings is 1. The van der Waals surface area contributed by atoms with E-state index in [9.17, 15) is 36.2 Å². The SMILES string of the molecule is CCc1cc(CN2CCN(C(=O)OC)CC2)ccc1-c1ccc(C(O)(C(F)(F)F)C(F)(F)F)cc1. The van der Waals surface area contributed by atoms with Crippen molar-refractivity contribution in [1.29, 1.82) is 0 Å². The van der Waals surface area contributed by atoms with Gasteiger partial charge >= 0.3 is 18.4 Å². The van der Waals surface area contributed by atoms with E-state index in [0.717, 1.165) is 23.3 Å². The van der Waals surface area contributed by atoms with Crippen LogP contribution in [-0.2, 0) is 23.3 Å². The molecule has 1 aliphatic rings. The molecular weight excluding hydrogens is 478 g/mol. The van der Waals surface area contributed by atoms with Crippen molar-refractivity contribution in [2.45, 2.75) is 37.8 Å². The average Bonchev–Trinajstić information content (AvgIpc) is 2.82. The second-order valence-corrected chi connectivity index (χ2v) is 8.36.